The molecule has 0 aliphatic rings. The summed E-state index contributed by atoms with van der Waals surface area (Å²) in [5.74, 6) is -0.437. The van der Waals surface area contributed by atoms with Crippen LogP contribution in [0.2, 0.25) is 0 Å². The summed E-state index contributed by atoms with van der Waals surface area (Å²) in [5.41, 5.74) is 2.42. The van der Waals surface area contributed by atoms with Crippen molar-refractivity contribution in [2.75, 3.05) is 97.3 Å². The molecule has 1 aromatic carbocycles. The first-order chi connectivity index (χ1) is 19.5. The normalized spacial score (nSPS) is 11.9. The largest absolute Gasteiger partial charge is 0.467 e. The quantitative estimate of drug-likeness (QED) is 0.0883. The van der Waals surface area contributed by atoms with Gasteiger partial charge in [-0.05, 0) is 45.4 Å². The van der Waals surface area contributed by atoms with E-state index in [1.54, 1.807) is 0 Å². The van der Waals surface area contributed by atoms with Gasteiger partial charge in [0.15, 0.2) is 0 Å². The van der Waals surface area contributed by atoms with Crippen molar-refractivity contribution in [3.8, 4) is 0 Å². The fourth-order valence-electron chi connectivity index (χ4n) is 3.45. The maximum Gasteiger partial charge on any atom is 0.309 e. The van der Waals surface area contributed by atoms with Crippen LogP contribution in [0, 0.1) is 6.92 Å². The van der Waals surface area contributed by atoms with Gasteiger partial charge in [0.1, 0.15) is 13.2 Å². The summed E-state index contributed by atoms with van der Waals surface area (Å²) in [6.07, 6.45) is 0.110. The van der Waals surface area contributed by atoms with Crippen LogP contribution >= 0.6 is 0 Å². The molecule has 0 spiro atoms. The third-order valence-electron chi connectivity index (χ3n) is 5.47. The van der Waals surface area contributed by atoms with Crippen LogP contribution in [0.15, 0.2) is 24.3 Å². The molecule has 0 aromatic heterocycles. The number of nitrogens with zero attached hydrogens (tertiary/aromatic N) is 1. The van der Waals surface area contributed by atoms with Gasteiger partial charge in [0.2, 0.25) is 0 Å². The molecule has 0 aliphatic heterocycles. The van der Waals surface area contributed by atoms with Crippen molar-refractivity contribution >= 4 is 18.1 Å². The van der Waals surface area contributed by atoms with Crippen molar-refractivity contribution in [3.05, 3.63) is 29.8 Å². The summed E-state index contributed by atoms with van der Waals surface area (Å²) in [6.45, 7) is 14.8. The van der Waals surface area contributed by atoms with Crippen LogP contribution in [0.5, 0.6) is 0 Å². The van der Waals surface area contributed by atoms with Gasteiger partial charge in [-0.2, -0.15) is 0 Å². The summed E-state index contributed by atoms with van der Waals surface area (Å²) in [6, 6.07) is 8.49. The molecule has 1 atom stereocenters. The molecule has 0 aliphatic carbocycles. The minimum absolute atomic E-state index is 0.0158. The van der Waals surface area contributed by atoms with Crippen LogP contribution < -0.4 is 4.90 Å². The predicted octanol–water partition coefficient (Wildman–Crippen LogP) is 2.80. The smallest absolute Gasteiger partial charge is 0.309 e. The van der Waals surface area contributed by atoms with Crippen LogP contribution in [0.25, 0.3) is 0 Å². The molecule has 0 amide bonds. The molecule has 1 unspecified atom stereocenters. The molecule has 40 heavy (non-hydrogen) atoms. The highest BCUT2D eigenvalue weighted by Gasteiger charge is 2.16. The Morgan fingerprint density at radius 2 is 1.45 bits per heavy atom. The van der Waals surface area contributed by atoms with Crippen LogP contribution in [-0.4, -0.2) is 117 Å². The predicted molar refractivity (Wildman–Crippen MR) is 151 cm³/mol. The number of carbonyl (C=O) groups excluding carboxylic acids is 2. The van der Waals surface area contributed by atoms with E-state index in [2.05, 4.69) is 47.7 Å². The number of benzene rings is 1. The van der Waals surface area contributed by atoms with E-state index < -0.39 is 5.97 Å². The first kappa shape index (κ1) is 35.7. The molecule has 1 aromatic rings. The Hall–Kier alpha value is -2.28. The Balaban J connectivity index is 2.04. The molecule has 11 nitrogen and oxygen atoms in total. The van der Waals surface area contributed by atoms with Crippen LogP contribution in [0.1, 0.15) is 32.8 Å². The molecule has 11 heteroatoms. The Kier molecular flexibility index (Phi) is 21.9. The topological polar surface area (TPSA) is 111 Å². The van der Waals surface area contributed by atoms with Crippen molar-refractivity contribution in [2.24, 2.45) is 0 Å². The van der Waals surface area contributed by atoms with E-state index >= 15 is 0 Å². The van der Waals surface area contributed by atoms with Crippen molar-refractivity contribution in [1.29, 1.82) is 0 Å². The van der Waals surface area contributed by atoms with E-state index in [-0.39, 0.29) is 38.4 Å². The second kappa shape index (κ2) is 24.5. The first-order valence-corrected chi connectivity index (χ1v) is 14.0. The Morgan fingerprint density at radius 1 is 0.850 bits per heavy atom. The number of carbonyl (C=O) groups is 2. The number of ether oxygens (including phenoxy) is 8. The third-order valence-corrected chi connectivity index (χ3v) is 5.47. The fraction of sp³-hybridized carbons (Fsp3) is 0.724. The minimum atomic E-state index is -0.437. The molecule has 0 N–H and O–H groups in total. The molecule has 1 rings (SSSR count). The van der Waals surface area contributed by atoms with Crippen molar-refractivity contribution in [1.82, 2.24) is 0 Å². The third kappa shape index (κ3) is 19.7. The lowest BCUT2D eigenvalue weighted by atomic mass is 10.2. The highest BCUT2D eigenvalue weighted by molar-refractivity contribution is 5.69. The summed E-state index contributed by atoms with van der Waals surface area (Å²) >= 11 is 0. The number of hydrogen-bond donors (Lipinski definition) is 0. The number of rotatable bonds is 27. The Bertz CT molecular complexity index is 764. The number of aryl methyl sites for hydroxylation is 1. The maximum absolute atomic E-state index is 11.3. The van der Waals surface area contributed by atoms with E-state index in [9.17, 15) is 9.59 Å². The molecule has 0 bridgehead atoms. The molecule has 230 valence electrons. The van der Waals surface area contributed by atoms with Crippen LogP contribution in [0.3, 0.4) is 0 Å². The number of likely N-dealkylation sites (N-methyl/N-ethyl adjacent to an activating group) is 1. The standard InChI is InChI=1S/C29H49NO10/c1-5-30(27-8-6-7-26(4)21-27)22-28(23-40-25(2)3)38-19-17-35-15-13-33-11-12-34-14-16-36-18-20-39-29(32)9-10-37-24-31/h6-8,21,24-25,28H,5,9-20,22-23H2,1-4H3. The van der Waals surface area contributed by atoms with Crippen LogP contribution in [-0.2, 0) is 47.5 Å². The second-order valence-electron chi connectivity index (χ2n) is 9.14. The minimum Gasteiger partial charge on any atom is -0.467 e. The lowest BCUT2D eigenvalue weighted by Gasteiger charge is -2.29. The zero-order chi connectivity index (χ0) is 29.3. The van der Waals surface area contributed by atoms with Gasteiger partial charge in [0.25, 0.3) is 6.47 Å². The summed E-state index contributed by atoms with van der Waals surface area (Å²) < 4.78 is 43.2. The highest BCUT2D eigenvalue weighted by atomic mass is 16.6. The number of esters is 1. The average molecular weight is 572 g/mol. The lowest BCUT2D eigenvalue weighted by Crippen LogP contribution is -2.38. The summed E-state index contributed by atoms with van der Waals surface area (Å²) in [5, 5.41) is 0. The number of hydrogen-bond acceptors (Lipinski definition) is 11. The SMILES string of the molecule is CCN(CC(COC(C)C)OCCOCCOCCOCCOCCOC(=O)CCOC=O)c1cccc(C)c1. The van der Waals surface area contributed by atoms with Gasteiger partial charge in [0.05, 0.1) is 84.7 Å². The van der Waals surface area contributed by atoms with Gasteiger partial charge in [0, 0.05) is 18.8 Å². The van der Waals surface area contributed by atoms with Crippen molar-refractivity contribution < 1.29 is 47.5 Å². The second-order valence-corrected chi connectivity index (χ2v) is 9.14. The molecule has 0 heterocycles. The van der Waals surface area contributed by atoms with Gasteiger partial charge in [-0.1, -0.05) is 12.1 Å². The van der Waals surface area contributed by atoms with Gasteiger partial charge < -0.3 is 42.8 Å². The molecular formula is C29H49NO10. The van der Waals surface area contributed by atoms with Gasteiger partial charge in [-0.15, -0.1) is 0 Å². The molecule has 0 saturated carbocycles. The fourth-order valence-corrected chi connectivity index (χ4v) is 3.45. The van der Waals surface area contributed by atoms with E-state index in [4.69, 9.17) is 33.2 Å². The van der Waals surface area contributed by atoms with E-state index in [1.165, 1.54) is 11.3 Å². The van der Waals surface area contributed by atoms with Gasteiger partial charge in [-0.3, -0.25) is 9.59 Å². The van der Waals surface area contributed by atoms with Gasteiger partial charge >= 0.3 is 5.97 Å². The zero-order valence-corrected chi connectivity index (χ0v) is 24.7. The Labute approximate surface area is 239 Å². The van der Waals surface area contributed by atoms with E-state index in [1.807, 2.05) is 13.8 Å². The average Bonchev–Trinajstić information content (AvgIpc) is 2.93. The summed E-state index contributed by atoms with van der Waals surface area (Å²) in [4.78, 5) is 23.6. The Morgan fingerprint density at radius 3 is 2.00 bits per heavy atom. The zero-order valence-electron chi connectivity index (χ0n) is 24.7. The molecule has 0 radical (unpaired) electrons. The van der Waals surface area contributed by atoms with Crippen molar-refractivity contribution in [3.63, 3.8) is 0 Å². The number of anilines is 1. The first-order valence-electron chi connectivity index (χ1n) is 14.0. The van der Waals surface area contributed by atoms with Crippen LogP contribution in [0.4, 0.5) is 5.69 Å². The van der Waals surface area contributed by atoms with Crippen molar-refractivity contribution in [2.45, 2.75) is 46.3 Å². The molecule has 0 saturated heterocycles. The maximum atomic E-state index is 11.3. The highest BCUT2D eigenvalue weighted by Crippen LogP contribution is 2.17. The van der Waals surface area contributed by atoms with E-state index in [0.29, 0.717) is 65.9 Å². The molecular weight excluding hydrogens is 522 g/mol. The summed E-state index contributed by atoms with van der Waals surface area (Å²) in [7, 11) is 0. The molecule has 0 fully saturated rings. The lowest BCUT2D eigenvalue weighted by molar-refractivity contribution is -0.147. The van der Waals surface area contributed by atoms with Gasteiger partial charge in [-0.25, -0.2) is 0 Å². The van der Waals surface area contributed by atoms with E-state index in [0.717, 1.165) is 13.1 Å². The monoisotopic (exact) mass is 571 g/mol.